The number of hydrogen-bond donors (Lipinski definition) is 2. The van der Waals surface area contributed by atoms with Crippen molar-refractivity contribution in [2.45, 2.75) is 31.7 Å². The first-order valence-electron chi connectivity index (χ1n) is 7.49. The highest BCUT2D eigenvalue weighted by molar-refractivity contribution is 5.86. The molecule has 25 heavy (non-hydrogen) atoms. The van der Waals surface area contributed by atoms with Crippen LogP contribution in [0.5, 0.6) is 5.75 Å². The van der Waals surface area contributed by atoms with Crippen molar-refractivity contribution in [1.29, 1.82) is 0 Å². The number of halogens is 3. The SMILES string of the molecule is O=C(O)c1cnc(NCc2cc(OC(F)(F)F)cc(C3CC3)c2)nc1. The Morgan fingerprint density at radius 2 is 1.92 bits per heavy atom. The van der Waals surface area contributed by atoms with Crippen molar-refractivity contribution in [2.24, 2.45) is 0 Å². The summed E-state index contributed by atoms with van der Waals surface area (Å²) in [6, 6.07) is 4.53. The van der Waals surface area contributed by atoms with Crippen LogP contribution in [-0.2, 0) is 6.54 Å². The lowest BCUT2D eigenvalue weighted by atomic mass is 10.1. The summed E-state index contributed by atoms with van der Waals surface area (Å²) in [5.41, 5.74) is 1.34. The van der Waals surface area contributed by atoms with Crippen molar-refractivity contribution in [3.63, 3.8) is 0 Å². The van der Waals surface area contributed by atoms with Gasteiger partial charge in [0.25, 0.3) is 0 Å². The number of nitrogens with zero attached hydrogens (tertiary/aromatic N) is 2. The average Bonchev–Trinajstić information content (AvgIpc) is 3.36. The molecule has 0 unspecified atom stereocenters. The maximum Gasteiger partial charge on any atom is 0.573 e. The molecule has 1 aliphatic rings. The number of hydrogen-bond acceptors (Lipinski definition) is 5. The first kappa shape index (κ1) is 17.0. The molecule has 1 heterocycles. The first-order chi connectivity index (χ1) is 11.8. The number of alkyl halides is 3. The second-order valence-electron chi connectivity index (χ2n) is 5.69. The van der Waals surface area contributed by atoms with Gasteiger partial charge < -0.3 is 15.2 Å². The predicted molar refractivity (Wildman–Crippen MR) is 81.4 cm³/mol. The number of ether oxygens (including phenoxy) is 1. The van der Waals surface area contributed by atoms with Crippen molar-refractivity contribution in [3.05, 3.63) is 47.3 Å². The molecule has 1 aliphatic carbocycles. The molecule has 2 aromatic rings. The topological polar surface area (TPSA) is 84.3 Å². The molecular weight excluding hydrogens is 339 g/mol. The molecule has 0 amide bonds. The zero-order valence-corrected chi connectivity index (χ0v) is 12.9. The summed E-state index contributed by atoms with van der Waals surface area (Å²) in [7, 11) is 0. The van der Waals surface area contributed by atoms with Gasteiger partial charge in [0, 0.05) is 18.9 Å². The number of carboxylic acids is 1. The van der Waals surface area contributed by atoms with Gasteiger partial charge in [-0.1, -0.05) is 6.07 Å². The van der Waals surface area contributed by atoms with Gasteiger partial charge in [0.2, 0.25) is 5.95 Å². The molecule has 0 bridgehead atoms. The minimum absolute atomic E-state index is 0.0536. The summed E-state index contributed by atoms with van der Waals surface area (Å²) in [5.74, 6) is -0.949. The molecule has 1 fully saturated rings. The molecule has 1 aromatic heterocycles. The maximum absolute atomic E-state index is 12.5. The number of anilines is 1. The summed E-state index contributed by atoms with van der Waals surface area (Å²) >= 11 is 0. The van der Waals surface area contributed by atoms with E-state index in [4.69, 9.17) is 5.11 Å². The van der Waals surface area contributed by atoms with E-state index in [9.17, 15) is 18.0 Å². The minimum Gasteiger partial charge on any atom is -0.478 e. The third-order valence-corrected chi connectivity index (χ3v) is 3.62. The molecule has 0 radical (unpaired) electrons. The third-order valence-electron chi connectivity index (χ3n) is 3.62. The van der Waals surface area contributed by atoms with E-state index in [1.54, 1.807) is 0 Å². The quantitative estimate of drug-likeness (QED) is 0.826. The Morgan fingerprint density at radius 3 is 2.48 bits per heavy atom. The van der Waals surface area contributed by atoms with E-state index in [2.05, 4.69) is 20.0 Å². The fraction of sp³-hybridized carbons (Fsp3) is 0.312. The van der Waals surface area contributed by atoms with Gasteiger partial charge in [-0.05, 0) is 42.0 Å². The fourth-order valence-electron chi connectivity index (χ4n) is 2.34. The van der Waals surface area contributed by atoms with E-state index in [-0.39, 0.29) is 29.7 Å². The van der Waals surface area contributed by atoms with Gasteiger partial charge in [-0.25, -0.2) is 14.8 Å². The molecule has 0 aliphatic heterocycles. The maximum atomic E-state index is 12.5. The largest absolute Gasteiger partial charge is 0.573 e. The average molecular weight is 353 g/mol. The second kappa shape index (κ2) is 6.58. The number of nitrogens with one attached hydrogen (secondary N) is 1. The van der Waals surface area contributed by atoms with Crippen LogP contribution >= 0.6 is 0 Å². The fourth-order valence-corrected chi connectivity index (χ4v) is 2.34. The van der Waals surface area contributed by atoms with Gasteiger partial charge in [-0.15, -0.1) is 13.2 Å². The number of aromatic carboxylic acids is 1. The number of benzene rings is 1. The molecule has 0 spiro atoms. The van der Waals surface area contributed by atoms with Gasteiger partial charge in [0.15, 0.2) is 0 Å². The third kappa shape index (κ3) is 4.82. The van der Waals surface area contributed by atoms with E-state index >= 15 is 0 Å². The Bertz CT molecular complexity index is 774. The molecular formula is C16H14F3N3O3. The Kier molecular flexibility index (Phi) is 4.47. The monoisotopic (exact) mass is 353 g/mol. The summed E-state index contributed by atoms with van der Waals surface area (Å²) in [5, 5.41) is 11.6. The molecule has 0 saturated heterocycles. The van der Waals surface area contributed by atoms with Crippen LogP contribution in [0.15, 0.2) is 30.6 Å². The summed E-state index contributed by atoms with van der Waals surface area (Å²) in [6.07, 6.45) is -0.556. The lowest BCUT2D eigenvalue weighted by Gasteiger charge is -2.13. The highest BCUT2D eigenvalue weighted by Gasteiger charge is 2.32. The Labute approximate surface area is 140 Å². The van der Waals surface area contributed by atoms with Crippen LogP contribution in [0.25, 0.3) is 0 Å². The Balaban J connectivity index is 1.73. The van der Waals surface area contributed by atoms with E-state index in [0.29, 0.717) is 5.56 Å². The molecule has 1 saturated carbocycles. The standard InChI is InChI=1S/C16H14F3N3O3/c17-16(18,19)25-13-4-9(3-11(5-13)10-1-2-10)6-20-15-21-7-12(8-22-15)14(23)24/h3-5,7-8,10H,1-2,6H2,(H,23,24)(H,20,21,22). The number of aromatic nitrogens is 2. The van der Waals surface area contributed by atoms with Gasteiger partial charge in [0.1, 0.15) is 5.75 Å². The van der Waals surface area contributed by atoms with Crippen LogP contribution in [0.1, 0.15) is 40.2 Å². The predicted octanol–water partition coefficient (Wildman–Crippen LogP) is 3.56. The molecule has 9 heteroatoms. The van der Waals surface area contributed by atoms with Crippen molar-refractivity contribution < 1.29 is 27.8 Å². The first-order valence-corrected chi connectivity index (χ1v) is 7.49. The van der Waals surface area contributed by atoms with Crippen molar-refractivity contribution in [3.8, 4) is 5.75 Å². The molecule has 2 N–H and O–H groups in total. The van der Waals surface area contributed by atoms with Gasteiger partial charge in [0.05, 0.1) is 5.56 Å². The summed E-state index contributed by atoms with van der Waals surface area (Å²) in [4.78, 5) is 18.4. The molecule has 132 valence electrons. The smallest absolute Gasteiger partial charge is 0.478 e. The number of carboxylic acid groups (broad SMARTS) is 1. The molecule has 1 aromatic carbocycles. The zero-order valence-electron chi connectivity index (χ0n) is 12.9. The highest BCUT2D eigenvalue weighted by atomic mass is 19.4. The van der Waals surface area contributed by atoms with E-state index in [1.807, 2.05) is 6.07 Å². The van der Waals surface area contributed by atoms with Crippen molar-refractivity contribution >= 4 is 11.9 Å². The Hall–Kier alpha value is -2.84. The van der Waals surface area contributed by atoms with E-state index in [0.717, 1.165) is 30.8 Å². The molecule has 3 rings (SSSR count). The Morgan fingerprint density at radius 1 is 1.24 bits per heavy atom. The van der Waals surface area contributed by atoms with Gasteiger partial charge in [-0.2, -0.15) is 0 Å². The van der Waals surface area contributed by atoms with Crippen LogP contribution < -0.4 is 10.1 Å². The number of carbonyl (C=O) groups is 1. The van der Waals surface area contributed by atoms with Crippen LogP contribution in [0.3, 0.4) is 0 Å². The summed E-state index contributed by atoms with van der Waals surface area (Å²) < 4.78 is 41.4. The van der Waals surface area contributed by atoms with E-state index in [1.165, 1.54) is 12.1 Å². The van der Waals surface area contributed by atoms with Crippen molar-refractivity contribution in [1.82, 2.24) is 9.97 Å². The van der Waals surface area contributed by atoms with Crippen LogP contribution in [0.2, 0.25) is 0 Å². The lowest BCUT2D eigenvalue weighted by molar-refractivity contribution is -0.274. The summed E-state index contributed by atoms with van der Waals surface area (Å²) in [6.45, 7) is 0.182. The van der Waals surface area contributed by atoms with Gasteiger partial charge >= 0.3 is 12.3 Å². The van der Waals surface area contributed by atoms with Crippen LogP contribution in [-0.4, -0.2) is 27.4 Å². The van der Waals surface area contributed by atoms with Gasteiger partial charge in [-0.3, -0.25) is 0 Å². The van der Waals surface area contributed by atoms with Crippen LogP contribution in [0.4, 0.5) is 19.1 Å². The second-order valence-corrected chi connectivity index (χ2v) is 5.69. The minimum atomic E-state index is -4.75. The number of rotatable bonds is 6. The molecule has 6 nitrogen and oxygen atoms in total. The van der Waals surface area contributed by atoms with Crippen molar-refractivity contribution in [2.75, 3.05) is 5.32 Å². The normalized spacial score (nSPS) is 14.2. The lowest BCUT2D eigenvalue weighted by Crippen LogP contribution is -2.17. The van der Waals surface area contributed by atoms with Crippen LogP contribution in [0, 0.1) is 0 Å². The highest BCUT2D eigenvalue weighted by Crippen LogP contribution is 2.42. The molecule has 0 atom stereocenters. The zero-order chi connectivity index (χ0) is 18.0. The van der Waals surface area contributed by atoms with E-state index < -0.39 is 12.3 Å².